The lowest BCUT2D eigenvalue weighted by Crippen LogP contribution is -2.37. The smallest absolute Gasteiger partial charge is 0.223 e. The molecule has 1 amide bonds. The fourth-order valence-corrected chi connectivity index (χ4v) is 2.34. The van der Waals surface area contributed by atoms with E-state index in [2.05, 4.69) is 33.0 Å². The third kappa shape index (κ3) is 5.53. The molecule has 1 rings (SSSR count). The maximum Gasteiger partial charge on any atom is 0.223 e. The van der Waals surface area contributed by atoms with E-state index in [4.69, 9.17) is 5.73 Å². The van der Waals surface area contributed by atoms with E-state index in [1.165, 1.54) is 0 Å². The Morgan fingerprint density at radius 3 is 2.53 bits per heavy atom. The van der Waals surface area contributed by atoms with Gasteiger partial charge in [-0.1, -0.05) is 20.8 Å². The Bertz CT molecular complexity index is 257. The minimum atomic E-state index is 0.155. The van der Waals surface area contributed by atoms with Crippen LogP contribution in [-0.2, 0) is 4.79 Å². The van der Waals surface area contributed by atoms with E-state index in [-0.39, 0.29) is 23.9 Å². The summed E-state index contributed by atoms with van der Waals surface area (Å²) in [5.41, 5.74) is 6.17. The van der Waals surface area contributed by atoms with Crippen molar-refractivity contribution in [3.05, 3.63) is 0 Å². The van der Waals surface area contributed by atoms with Crippen LogP contribution in [0.5, 0.6) is 0 Å². The van der Waals surface area contributed by atoms with Gasteiger partial charge >= 0.3 is 0 Å². The van der Waals surface area contributed by atoms with Crippen LogP contribution < -0.4 is 11.1 Å². The Morgan fingerprint density at radius 1 is 1.41 bits per heavy atom. The third-order valence-corrected chi connectivity index (χ3v) is 3.56. The van der Waals surface area contributed by atoms with E-state index in [1.54, 1.807) is 0 Å². The largest absolute Gasteiger partial charge is 0.353 e. The Kier molecular flexibility index (Phi) is 4.99. The van der Waals surface area contributed by atoms with E-state index in [0.717, 1.165) is 32.1 Å². The number of nitrogens with one attached hydrogen (secondary N) is 1. The molecule has 0 bridgehead atoms. The van der Waals surface area contributed by atoms with E-state index in [1.807, 2.05) is 0 Å². The molecule has 3 heteroatoms. The highest BCUT2D eigenvalue weighted by Gasteiger charge is 2.28. The van der Waals surface area contributed by atoms with Crippen molar-refractivity contribution in [2.45, 2.75) is 71.9 Å². The number of hydrogen-bond acceptors (Lipinski definition) is 2. The zero-order chi connectivity index (χ0) is 13.1. The van der Waals surface area contributed by atoms with E-state index >= 15 is 0 Å². The maximum absolute atomic E-state index is 12.0. The van der Waals surface area contributed by atoms with Gasteiger partial charge in [0.25, 0.3) is 0 Å². The number of carbonyl (C=O) groups excluding carboxylic acids is 1. The first-order chi connectivity index (χ1) is 7.78. The zero-order valence-corrected chi connectivity index (χ0v) is 11.8. The molecule has 3 atom stereocenters. The number of nitrogens with two attached hydrogens (primary N) is 1. The molecule has 3 unspecified atom stereocenters. The number of amides is 1. The lowest BCUT2D eigenvalue weighted by molar-refractivity contribution is -0.125. The molecule has 0 radical (unpaired) electrons. The van der Waals surface area contributed by atoms with Crippen LogP contribution in [0.2, 0.25) is 0 Å². The van der Waals surface area contributed by atoms with Gasteiger partial charge < -0.3 is 11.1 Å². The average molecular weight is 240 g/mol. The summed E-state index contributed by atoms with van der Waals surface area (Å²) in [7, 11) is 0. The minimum absolute atomic E-state index is 0.155. The third-order valence-electron chi connectivity index (χ3n) is 3.56. The van der Waals surface area contributed by atoms with Crippen LogP contribution in [0.3, 0.4) is 0 Å². The SMILES string of the molecule is CC(CCC(C)(C)C)NC(=O)C1CCC(N)C1. The molecule has 3 N–H and O–H groups in total. The van der Waals surface area contributed by atoms with Crippen molar-refractivity contribution < 1.29 is 4.79 Å². The van der Waals surface area contributed by atoms with Gasteiger partial charge in [-0.2, -0.15) is 0 Å². The number of rotatable bonds is 4. The molecular weight excluding hydrogens is 212 g/mol. The predicted octanol–water partition coefficient (Wildman–Crippen LogP) is 2.44. The lowest BCUT2D eigenvalue weighted by atomic mass is 9.89. The van der Waals surface area contributed by atoms with Crippen molar-refractivity contribution in [1.82, 2.24) is 5.32 Å². The first kappa shape index (κ1) is 14.5. The normalized spacial score (nSPS) is 26.9. The Hall–Kier alpha value is -0.570. The van der Waals surface area contributed by atoms with Crippen LogP contribution in [0.25, 0.3) is 0 Å². The molecule has 0 spiro atoms. The fraction of sp³-hybridized carbons (Fsp3) is 0.929. The molecular formula is C14H28N2O. The molecule has 1 saturated carbocycles. The molecule has 100 valence electrons. The molecule has 0 aliphatic heterocycles. The highest BCUT2D eigenvalue weighted by Crippen LogP contribution is 2.25. The van der Waals surface area contributed by atoms with Crippen molar-refractivity contribution in [1.29, 1.82) is 0 Å². The van der Waals surface area contributed by atoms with Crippen molar-refractivity contribution in [2.75, 3.05) is 0 Å². The first-order valence-electron chi connectivity index (χ1n) is 6.84. The molecule has 1 fully saturated rings. The fourth-order valence-electron chi connectivity index (χ4n) is 2.34. The van der Waals surface area contributed by atoms with Crippen LogP contribution >= 0.6 is 0 Å². The molecule has 0 saturated heterocycles. The number of hydrogen-bond donors (Lipinski definition) is 2. The van der Waals surface area contributed by atoms with Gasteiger partial charge in [-0.25, -0.2) is 0 Å². The molecule has 1 aliphatic carbocycles. The summed E-state index contributed by atoms with van der Waals surface area (Å²) in [6.07, 6.45) is 5.00. The molecule has 0 aromatic heterocycles. The Balaban J connectivity index is 2.26. The van der Waals surface area contributed by atoms with Crippen LogP contribution in [0.1, 0.15) is 59.8 Å². The molecule has 3 nitrogen and oxygen atoms in total. The van der Waals surface area contributed by atoms with Crippen molar-refractivity contribution in [3.8, 4) is 0 Å². The van der Waals surface area contributed by atoms with Gasteiger partial charge in [0, 0.05) is 18.0 Å². The van der Waals surface area contributed by atoms with Gasteiger partial charge in [0.2, 0.25) is 5.91 Å². The van der Waals surface area contributed by atoms with Crippen LogP contribution in [0, 0.1) is 11.3 Å². The van der Waals surface area contributed by atoms with Gasteiger partial charge in [-0.15, -0.1) is 0 Å². The quantitative estimate of drug-likeness (QED) is 0.793. The average Bonchev–Trinajstić information content (AvgIpc) is 2.61. The molecule has 17 heavy (non-hydrogen) atoms. The second kappa shape index (κ2) is 5.85. The summed E-state index contributed by atoms with van der Waals surface area (Å²) in [4.78, 5) is 12.0. The molecule has 0 heterocycles. The summed E-state index contributed by atoms with van der Waals surface area (Å²) in [6.45, 7) is 8.80. The Labute approximate surface area is 106 Å². The summed E-state index contributed by atoms with van der Waals surface area (Å²) in [5.74, 6) is 0.362. The van der Waals surface area contributed by atoms with Gasteiger partial charge in [-0.05, 0) is 44.4 Å². The van der Waals surface area contributed by atoms with Crippen molar-refractivity contribution >= 4 is 5.91 Å². The molecule has 0 aromatic rings. The van der Waals surface area contributed by atoms with Gasteiger partial charge in [0.05, 0.1) is 0 Å². The maximum atomic E-state index is 12.0. The number of carbonyl (C=O) groups is 1. The van der Waals surface area contributed by atoms with Crippen LogP contribution in [0.4, 0.5) is 0 Å². The van der Waals surface area contributed by atoms with E-state index in [9.17, 15) is 4.79 Å². The zero-order valence-electron chi connectivity index (χ0n) is 11.8. The summed E-state index contributed by atoms with van der Waals surface area (Å²) >= 11 is 0. The van der Waals surface area contributed by atoms with E-state index in [0.29, 0.717) is 5.41 Å². The van der Waals surface area contributed by atoms with Crippen LogP contribution in [0.15, 0.2) is 0 Å². The predicted molar refractivity (Wildman–Crippen MR) is 71.6 cm³/mol. The summed E-state index contributed by atoms with van der Waals surface area (Å²) in [5, 5.41) is 3.12. The van der Waals surface area contributed by atoms with E-state index < -0.39 is 0 Å². The monoisotopic (exact) mass is 240 g/mol. The Morgan fingerprint density at radius 2 is 2.06 bits per heavy atom. The molecule has 1 aliphatic rings. The topological polar surface area (TPSA) is 55.1 Å². The van der Waals surface area contributed by atoms with Gasteiger partial charge in [0.1, 0.15) is 0 Å². The standard InChI is InChI=1S/C14H28N2O/c1-10(7-8-14(2,3)4)16-13(17)11-5-6-12(15)9-11/h10-12H,5-9,15H2,1-4H3,(H,16,17). The van der Waals surface area contributed by atoms with Crippen molar-refractivity contribution in [2.24, 2.45) is 17.1 Å². The second-order valence-corrected chi connectivity index (χ2v) is 6.78. The van der Waals surface area contributed by atoms with Crippen molar-refractivity contribution in [3.63, 3.8) is 0 Å². The molecule has 0 aromatic carbocycles. The summed E-state index contributed by atoms with van der Waals surface area (Å²) in [6, 6.07) is 0.509. The highest BCUT2D eigenvalue weighted by atomic mass is 16.1. The summed E-state index contributed by atoms with van der Waals surface area (Å²) < 4.78 is 0. The van der Waals surface area contributed by atoms with Gasteiger partial charge in [0.15, 0.2) is 0 Å². The minimum Gasteiger partial charge on any atom is -0.353 e. The lowest BCUT2D eigenvalue weighted by Gasteiger charge is -2.22. The highest BCUT2D eigenvalue weighted by molar-refractivity contribution is 5.79. The van der Waals surface area contributed by atoms with Gasteiger partial charge in [-0.3, -0.25) is 4.79 Å². The van der Waals surface area contributed by atoms with Crippen LogP contribution in [-0.4, -0.2) is 18.0 Å². The first-order valence-corrected chi connectivity index (χ1v) is 6.84. The second-order valence-electron chi connectivity index (χ2n) is 6.78.